The largest absolute Gasteiger partial charge is 0.479 e. The molecule has 2 heteroatoms. The van der Waals surface area contributed by atoms with Gasteiger partial charge in [0.1, 0.15) is 12.7 Å². The Hall–Kier alpha value is -2.53. The average Bonchev–Trinajstić information content (AvgIpc) is 2.45. The molecule has 0 aliphatic rings. The second-order valence-corrected chi connectivity index (χ2v) is 3.81. The van der Waals surface area contributed by atoms with Crippen molar-refractivity contribution in [2.24, 2.45) is 0 Å². The molecule has 0 amide bonds. The molecule has 0 aromatic heterocycles. The van der Waals surface area contributed by atoms with Crippen LogP contribution in [0.1, 0.15) is 11.1 Å². The van der Waals surface area contributed by atoms with E-state index in [9.17, 15) is 0 Å². The highest BCUT2D eigenvalue weighted by molar-refractivity contribution is 5.54. The summed E-state index contributed by atoms with van der Waals surface area (Å²) in [6.07, 6.45) is 1.74. The first kappa shape index (κ1) is 11.9. The van der Waals surface area contributed by atoms with Crippen LogP contribution >= 0.6 is 0 Å². The Morgan fingerprint density at radius 1 is 1.00 bits per heavy atom. The summed E-state index contributed by atoms with van der Waals surface area (Å²) in [5.41, 5.74) is 2.01. The van der Waals surface area contributed by atoms with E-state index < -0.39 is 0 Å². The summed E-state index contributed by atoms with van der Waals surface area (Å²) in [4.78, 5) is 0. The van der Waals surface area contributed by atoms with Gasteiger partial charge in [-0.1, -0.05) is 60.7 Å². The lowest BCUT2D eigenvalue weighted by atomic mass is 10.2. The predicted molar refractivity (Wildman–Crippen MR) is 71.3 cm³/mol. The molecule has 0 aliphatic heterocycles. The van der Waals surface area contributed by atoms with Gasteiger partial charge in [-0.15, -0.1) is 0 Å². The highest BCUT2D eigenvalue weighted by Gasteiger charge is 1.98. The number of nitriles is 1. The molecule has 2 nitrogen and oxygen atoms in total. The molecular weight excluding hydrogens is 222 g/mol. The van der Waals surface area contributed by atoms with Crippen molar-refractivity contribution in [3.8, 4) is 6.07 Å². The Morgan fingerprint density at radius 2 is 1.61 bits per heavy atom. The lowest BCUT2D eigenvalue weighted by Crippen LogP contribution is -1.91. The Labute approximate surface area is 107 Å². The SMILES string of the molecule is N#CC(=Cc1ccccc1)OCc1ccccc1. The van der Waals surface area contributed by atoms with Crippen LogP contribution in [0.5, 0.6) is 0 Å². The van der Waals surface area contributed by atoms with Crippen LogP contribution < -0.4 is 0 Å². The first-order valence-electron chi connectivity index (χ1n) is 5.72. The van der Waals surface area contributed by atoms with E-state index in [4.69, 9.17) is 10.00 Å². The Morgan fingerprint density at radius 3 is 2.22 bits per heavy atom. The van der Waals surface area contributed by atoms with Crippen LogP contribution in [0, 0.1) is 11.3 Å². The van der Waals surface area contributed by atoms with Crippen LogP contribution in [-0.2, 0) is 11.3 Å². The third-order valence-corrected chi connectivity index (χ3v) is 2.44. The van der Waals surface area contributed by atoms with E-state index in [2.05, 4.69) is 6.07 Å². The number of ether oxygens (including phenoxy) is 1. The van der Waals surface area contributed by atoms with Gasteiger partial charge in [0.15, 0.2) is 5.76 Å². The average molecular weight is 235 g/mol. The fourth-order valence-electron chi connectivity index (χ4n) is 1.54. The van der Waals surface area contributed by atoms with E-state index in [1.807, 2.05) is 60.7 Å². The Kier molecular flexibility index (Phi) is 4.16. The lowest BCUT2D eigenvalue weighted by molar-refractivity contribution is 0.216. The molecule has 18 heavy (non-hydrogen) atoms. The second-order valence-electron chi connectivity index (χ2n) is 3.81. The summed E-state index contributed by atoms with van der Waals surface area (Å²) < 4.78 is 5.48. The highest BCUT2D eigenvalue weighted by atomic mass is 16.5. The highest BCUT2D eigenvalue weighted by Crippen LogP contribution is 2.10. The van der Waals surface area contributed by atoms with Crippen molar-refractivity contribution < 1.29 is 4.74 Å². The lowest BCUT2D eigenvalue weighted by Gasteiger charge is -2.04. The summed E-state index contributed by atoms with van der Waals surface area (Å²) in [5, 5.41) is 9.02. The van der Waals surface area contributed by atoms with Gasteiger partial charge in [0.25, 0.3) is 0 Å². The predicted octanol–water partition coefficient (Wildman–Crippen LogP) is 3.77. The Balaban J connectivity index is 2.03. The quantitative estimate of drug-likeness (QED) is 0.597. The van der Waals surface area contributed by atoms with Crippen LogP contribution in [0.4, 0.5) is 0 Å². The second kappa shape index (κ2) is 6.27. The molecule has 2 aromatic rings. The number of nitrogens with zero attached hydrogens (tertiary/aromatic N) is 1. The summed E-state index contributed by atoms with van der Waals surface area (Å²) in [6, 6.07) is 21.5. The summed E-state index contributed by atoms with van der Waals surface area (Å²) in [7, 11) is 0. The minimum atomic E-state index is 0.324. The molecule has 0 saturated carbocycles. The van der Waals surface area contributed by atoms with Crippen LogP contribution in [0.3, 0.4) is 0 Å². The molecule has 0 N–H and O–H groups in total. The first-order valence-corrected chi connectivity index (χ1v) is 5.72. The molecule has 0 radical (unpaired) electrons. The van der Waals surface area contributed by atoms with Gasteiger partial charge in [0.05, 0.1) is 0 Å². The van der Waals surface area contributed by atoms with Crippen molar-refractivity contribution >= 4 is 6.08 Å². The fourth-order valence-corrected chi connectivity index (χ4v) is 1.54. The van der Waals surface area contributed by atoms with Gasteiger partial charge in [-0.05, 0) is 17.2 Å². The monoisotopic (exact) mass is 235 g/mol. The van der Waals surface area contributed by atoms with Gasteiger partial charge in [-0.2, -0.15) is 5.26 Å². The molecule has 0 fully saturated rings. The number of allylic oxidation sites excluding steroid dienone is 1. The molecular formula is C16H13NO. The molecule has 2 rings (SSSR count). The third kappa shape index (κ3) is 3.50. The summed E-state index contributed by atoms with van der Waals surface area (Å²) >= 11 is 0. The van der Waals surface area contributed by atoms with Crippen LogP contribution in [0.15, 0.2) is 66.4 Å². The number of benzene rings is 2. The van der Waals surface area contributed by atoms with Crippen LogP contribution in [-0.4, -0.2) is 0 Å². The molecule has 0 heterocycles. The molecule has 0 unspecified atom stereocenters. The Bertz CT molecular complexity index is 553. The fraction of sp³-hybridized carbons (Fsp3) is 0.0625. The van der Waals surface area contributed by atoms with E-state index in [1.165, 1.54) is 0 Å². The number of hydrogen-bond donors (Lipinski definition) is 0. The van der Waals surface area contributed by atoms with Crippen molar-refractivity contribution in [1.82, 2.24) is 0 Å². The molecule has 0 spiro atoms. The van der Waals surface area contributed by atoms with Crippen molar-refractivity contribution in [1.29, 1.82) is 5.26 Å². The molecule has 0 aliphatic carbocycles. The van der Waals surface area contributed by atoms with Crippen molar-refractivity contribution in [3.63, 3.8) is 0 Å². The summed E-state index contributed by atoms with van der Waals surface area (Å²) in [6.45, 7) is 0.410. The zero-order valence-electron chi connectivity index (χ0n) is 9.91. The zero-order chi connectivity index (χ0) is 12.6. The third-order valence-electron chi connectivity index (χ3n) is 2.44. The van der Waals surface area contributed by atoms with E-state index in [-0.39, 0.29) is 0 Å². The standard InChI is InChI=1S/C16H13NO/c17-12-16(11-14-7-3-1-4-8-14)18-13-15-9-5-2-6-10-15/h1-11H,13H2. The molecule has 88 valence electrons. The molecule has 0 bridgehead atoms. The topological polar surface area (TPSA) is 33.0 Å². The number of rotatable bonds is 4. The van der Waals surface area contributed by atoms with Crippen molar-refractivity contribution in [2.75, 3.05) is 0 Å². The van der Waals surface area contributed by atoms with E-state index >= 15 is 0 Å². The van der Waals surface area contributed by atoms with E-state index in [1.54, 1.807) is 6.08 Å². The van der Waals surface area contributed by atoms with E-state index in [0.717, 1.165) is 11.1 Å². The van der Waals surface area contributed by atoms with Gasteiger partial charge in [0.2, 0.25) is 0 Å². The maximum absolute atomic E-state index is 9.02. The maximum atomic E-state index is 9.02. The van der Waals surface area contributed by atoms with Crippen LogP contribution in [0.25, 0.3) is 6.08 Å². The van der Waals surface area contributed by atoms with Gasteiger partial charge < -0.3 is 4.74 Å². The smallest absolute Gasteiger partial charge is 0.197 e. The van der Waals surface area contributed by atoms with Crippen molar-refractivity contribution in [2.45, 2.75) is 6.61 Å². The van der Waals surface area contributed by atoms with Gasteiger partial charge in [0, 0.05) is 0 Å². The number of hydrogen-bond acceptors (Lipinski definition) is 2. The van der Waals surface area contributed by atoms with Crippen molar-refractivity contribution in [3.05, 3.63) is 77.5 Å². The minimum absolute atomic E-state index is 0.324. The molecule has 0 saturated heterocycles. The zero-order valence-corrected chi connectivity index (χ0v) is 9.91. The maximum Gasteiger partial charge on any atom is 0.197 e. The minimum Gasteiger partial charge on any atom is -0.479 e. The van der Waals surface area contributed by atoms with Gasteiger partial charge in [-0.3, -0.25) is 0 Å². The first-order chi connectivity index (χ1) is 8.88. The normalized spacial score (nSPS) is 10.7. The van der Waals surface area contributed by atoms with Gasteiger partial charge in [-0.25, -0.2) is 0 Å². The molecule has 2 aromatic carbocycles. The summed E-state index contributed by atoms with van der Waals surface area (Å²) in [5.74, 6) is 0.324. The van der Waals surface area contributed by atoms with E-state index in [0.29, 0.717) is 12.4 Å². The van der Waals surface area contributed by atoms with Gasteiger partial charge >= 0.3 is 0 Å². The molecule has 0 atom stereocenters. The van der Waals surface area contributed by atoms with Crippen LogP contribution in [0.2, 0.25) is 0 Å².